The molecular formula is C27H28N4O3. The largest absolute Gasteiger partial charge is 0.454 e. The lowest BCUT2D eigenvalue weighted by Crippen LogP contribution is -2.14. The van der Waals surface area contributed by atoms with Crippen molar-refractivity contribution in [3.8, 4) is 11.5 Å². The van der Waals surface area contributed by atoms with E-state index in [1.54, 1.807) is 18.2 Å². The van der Waals surface area contributed by atoms with Crippen LogP contribution in [0.2, 0.25) is 0 Å². The molecule has 3 aromatic carbocycles. The fourth-order valence-electron chi connectivity index (χ4n) is 4.08. The number of carbonyl (C=O) groups excluding carboxylic acids is 1. The number of carbonyl (C=O) groups is 1. The normalized spacial score (nSPS) is 12.3. The zero-order valence-corrected chi connectivity index (χ0v) is 19.4. The highest BCUT2D eigenvalue weighted by molar-refractivity contribution is 6.04. The number of aryl methyl sites for hydroxylation is 1. The molecule has 174 valence electrons. The minimum atomic E-state index is -0.178. The number of rotatable bonds is 8. The van der Waals surface area contributed by atoms with Crippen LogP contribution in [0.5, 0.6) is 11.5 Å². The van der Waals surface area contributed by atoms with Crippen LogP contribution in [0, 0.1) is 0 Å². The van der Waals surface area contributed by atoms with Gasteiger partial charge in [0.05, 0.1) is 0 Å². The Morgan fingerprint density at radius 2 is 1.68 bits per heavy atom. The summed E-state index contributed by atoms with van der Waals surface area (Å²) >= 11 is 0. The molecule has 4 aromatic rings. The molecule has 0 saturated heterocycles. The maximum atomic E-state index is 12.6. The van der Waals surface area contributed by atoms with E-state index in [2.05, 4.69) is 64.7 Å². The third kappa shape index (κ3) is 4.84. The predicted molar refractivity (Wildman–Crippen MR) is 135 cm³/mol. The van der Waals surface area contributed by atoms with Crippen LogP contribution in [-0.2, 0) is 6.54 Å². The number of benzene rings is 3. The van der Waals surface area contributed by atoms with Crippen LogP contribution in [0.25, 0.3) is 10.9 Å². The van der Waals surface area contributed by atoms with E-state index in [9.17, 15) is 4.79 Å². The van der Waals surface area contributed by atoms with Gasteiger partial charge in [0.2, 0.25) is 6.79 Å². The van der Waals surface area contributed by atoms with Crippen molar-refractivity contribution >= 4 is 33.9 Å². The molecule has 2 heterocycles. The highest BCUT2D eigenvalue weighted by Gasteiger charge is 2.14. The summed E-state index contributed by atoms with van der Waals surface area (Å²) in [5.41, 5.74) is 4.41. The number of nitrogens with one attached hydrogen (secondary N) is 2. The molecule has 5 rings (SSSR count). The molecule has 2 N–H and O–H groups in total. The van der Waals surface area contributed by atoms with Crippen LogP contribution in [0.3, 0.4) is 0 Å². The van der Waals surface area contributed by atoms with E-state index in [-0.39, 0.29) is 12.7 Å². The van der Waals surface area contributed by atoms with E-state index in [0.29, 0.717) is 22.7 Å². The number of fused-ring (bicyclic) bond motifs is 2. The zero-order valence-electron chi connectivity index (χ0n) is 19.4. The van der Waals surface area contributed by atoms with Gasteiger partial charge in [0.1, 0.15) is 0 Å². The highest BCUT2D eigenvalue weighted by atomic mass is 16.7. The van der Waals surface area contributed by atoms with Crippen LogP contribution >= 0.6 is 0 Å². The lowest BCUT2D eigenvalue weighted by atomic mass is 10.1. The van der Waals surface area contributed by atoms with Crippen molar-refractivity contribution in [3.63, 3.8) is 0 Å². The first-order valence-electron chi connectivity index (χ1n) is 11.4. The molecule has 0 radical (unpaired) electrons. The summed E-state index contributed by atoms with van der Waals surface area (Å²) in [4.78, 5) is 14.8. The van der Waals surface area contributed by atoms with E-state index in [0.717, 1.165) is 30.9 Å². The first kappa shape index (κ1) is 21.9. The SMILES string of the molecule is CN(C)CCCn1ccc2cc(Nc3ccc(C(=O)Nc4ccc5c(c4)OCO5)cc3)ccc21. The number of anilines is 3. The lowest BCUT2D eigenvalue weighted by molar-refractivity contribution is 0.102. The molecule has 0 bridgehead atoms. The van der Waals surface area contributed by atoms with Gasteiger partial charge in [-0.2, -0.15) is 0 Å². The van der Waals surface area contributed by atoms with Gasteiger partial charge in [-0.25, -0.2) is 0 Å². The molecule has 1 aliphatic heterocycles. The van der Waals surface area contributed by atoms with Gasteiger partial charge in [0, 0.05) is 52.3 Å². The third-order valence-corrected chi connectivity index (χ3v) is 5.84. The molecule has 1 aliphatic rings. The van der Waals surface area contributed by atoms with Crippen molar-refractivity contribution in [2.75, 3.05) is 38.1 Å². The van der Waals surface area contributed by atoms with Crippen LogP contribution < -0.4 is 20.1 Å². The monoisotopic (exact) mass is 456 g/mol. The molecule has 0 fully saturated rings. The summed E-state index contributed by atoms with van der Waals surface area (Å²) in [5, 5.41) is 7.53. The highest BCUT2D eigenvalue weighted by Crippen LogP contribution is 2.34. The Morgan fingerprint density at radius 3 is 2.50 bits per heavy atom. The number of hydrogen-bond acceptors (Lipinski definition) is 5. The Bertz CT molecular complexity index is 1310. The van der Waals surface area contributed by atoms with Crippen LogP contribution in [-0.4, -0.2) is 42.8 Å². The number of amides is 1. The Balaban J connectivity index is 1.22. The topological polar surface area (TPSA) is 67.8 Å². The average Bonchev–Trinajstić information content (AvgIpc) is 3.46. The maximum absolute atomic E-state index is 12.6. The fraction of sp³-hybridized carbons (Fsp3) is 0.222. The Morgan fingerprint density at radius 1 is 0.912 bits per heavy atom. The Labute approximate surface area is 198 Å². The minimum Gasteiger partial charge on any atom is -0.454 e. The smallest absolute Gasteiger partial charge is 0.255 e. The summed E-state index contributed by atoms with van der Waals surface area (Å²) in [5.74, 6) is 1.15. The minimum absolute atomic E-state index is 0.178. The molecule has 0 aliphatic carbocycles. The van der Waals surface area contributed by atoms with Gasteiger partial charge in [-0.15, -0.1) is 0 Å². The molecule has 0 saturated carbocycles. The van der Waals surface area contributed by atoms with Crippen molar-refractivity contribution in [3.05, 3.63) is 78.5 Å². The zero-order chi connectivity index (χ0) is 23.5. The van der Waals surface area contributed by atoms with Gasteiger partial charge in [-0.3, -0.25) is 4.79 Å². The second-order valence-electron chi connectivity index (χ2n) is 8.66. The standard InChI is InChI=1S/C27H28N4O3/c1-30(2)13-3-14-31-15-12-20-16-22(8-10-24(20)31)28-21-6-4-19(5-7-21)27(32)29-23-9-11-25-26(17-23)34-18-33-25/h4-12,15-17,28H,3,13-14,18H2,1-2H3,(H,29,32). The Kier molecular flexibility index (Phi) is 6.10. The van der Waals surface area contributed by atoms with Gasteiger partial charge in [-0.05, 0) is 87.7 Å². The number of nitrogens with zero attached hydrogens (tertiary/aromatic N) is 2. The van der Waals surface area contributed by atoms with Crippen LogP contribution in [0.15, 0.2) is 72.9 Å². The van der Waals surface area contributed by atoms with Gasteiger partial charge in [0.15, 0.2) is 11.5 Å². The maximum Gasteiger partial charge on any atom is 0.255 e. The van der Waals surface area contributed by atoms with E-state index in [4.69, 9.17) is 9.47 Å². The fourth-order valence-corrected chi connectivity index (χ4v) is 4.08. The molecule has 34 heavy (non-hydrogen) atoms. The summed E-state index contributed by atoms with van der Waals surface area (Å²) in [7, 11) is 4.20. The number of hydrogen-bond donors (Lipinski definition) is 2. The molecule has 1 aromatic heterocycles. The average molecular weight is 457 g/mol. The first-order chi connectivity index (χ1) is 16.5. The molecule has 7 heteroatoms. The molecule has 7 nitrogen and oxygen atoms in total. The van der Waals surface area contributed by atoms with Crippen LogP contribution in [0.1, 0.15) is 16.8 Å². The van der Waals surface area contributed by atoms with Gasteiger partial charge < -0.3 is 29.6 Å². The van der Waals surface area contributed by atoms with E-state index in [1.807, 2.05) is 24.3 Å². The van der Waals surface area contributed by atoms with Gasteiger partial charge in [-0.1, -0.05) is 0 Å². The number of ether oxygens (including phenoxy) is 2. The van der Waals surface area contributed by atoms with Crippen molar-refractivity contribution in [1.29, 1.82) is 0 Å². The summed E-state index contributed by atoms with van der Waals surface area (Å²) in [6.45, 7) is 2.28. The van der Waals surface area contributed by atoms with E-state index in [1.165, 1.54) is 10.9 Å². The van der Waals surface area contributed by atoms with Crippen molar-refractivity contribution in [1.82, 2.24) is 9.47 Å². The van der Waals surface area contributed by atoms with Crippen LogP contribution in [0.4, 0.5) is 17.1 Å². The van der Waals surface area contributed by atoms with Crippen molar-refractivity contribution in [2.24, 2.45) is 0 Å². The summed E-state index contributed by atoms with van der Waals surface area (Å²) in [6.07, 6.45) is 3.27. The quantitative estimate of drug-likeness (QED) is 0.376. The van der Waals surface area contributed by atoms with E-state index >= 15 is 0 Å². The van der Waals surface area contributed by atoms with E-state index < -0.39 is 0 Å². The van der Waals surface area contributed by atoms with Crippen molar-refractivity contribution < 1.29 is 14.3 Å². The Hall–Kier alpha value is -3.97. The molecular weight excluding hydrogens is 428 g/mol. The summed E-state index contributed by atoms with van der Waals surface area (Å²) in [6, 6.07) is 21.3. The number of aromatic nitrogens is 1. The van der Waals surface area contributed by atoms with Gasteiger partial charge >= 0.3 is 0 Å². The first-order valence-corrected chi connectivity index (χ1v) is 11.4. The second-order valence-corrected chi connectivity index (χ2v) is 8.66. The summed E-state index contributed by atoms with van der Waals surface area (Å²) < 4.78 is 13.0. The molecule has 0 unspecified atom stereocenters. The van der Waals surface area contributed by atoms with Gasteiger partial charge in [0.25, 0.3) is 5.91 Å². The van der Waals surface area contributed by atoms with Crippen molar-refractivity contribution in [2.45, 2.75) is 13.0 Å². The second kappa shape index (κ2) is 9.49. The lowest BCUT2D eigenvalue weighted by Gasteiger charge is -2.11. The molecule has 0 spiro atoms. The third-order valence-electron chi connectivity index (χ3n) is 5.84. The molecule has 0 atom stereocenters. The molecule has 1 amide bonds. The predicted octanol–water partition coefficient (Wildman–Crippen LogP) is 5.32.